The second-order valence-corrected chi connectivity index (χ2v) is 3.16. The highest BCUT2D eigenvalue weighted by Crippen LogP contribution is 2.29. The third-order valence-corrected chi connectivity index (χ3v) is 2.21. The molecule has 74 valence electrons. The first kappa shape index (κ1) is 9.12. The first-order chi connectivity index (χ1) is 6.66. The van der Waals surface area contributed by atoms with Gasteiger partial charge in [-0.15, -0.1) is 0 Å². The molecule has 0 saturated heterocycles. The highest BCUT2D eigenvalue weighted by atomic mass is 19.3. The maximum atomic E-state index is 12.0. The van der Waals surface area contributed by atoms with Crippen LogP contribution in [0.25, 0.3) is 0 Å². The number of ether oxygens (including phenoxy) is 1. The van der Waals surface area contributed by atoms with Crippen molar-refractivity contribution in [2.24, 2.45) is 0 Å². The highest BCUT2D eigenvalue weighted by molar-refractivity contribution is 5.88. The standard InChI is InChI=1S/C10H8F2O2/c11-10(12)14-9-3-1-2-6-4-7(13)5-8(6)9/h1-3,10H,4-5H2. The molecule has 2 nitrogen and oxygen atoms in total. The van der Waals surface area contributed by atoms with Gasteiger partial charge in [0.15, 0.2) is 0 Å². The smallest absolute Gasteiger partial charge is 0.387 e. The van der Waals surface area contributed by atoms with Gasteiger partial charge in [0, 0.05) is 18.4 Å². The van der Waals surface area contributed by atoms with Crippen molar-refractivity contribution in [2.45, 2.75) is 19.5 Å². The molecule has 0 heterocycles. The van der Waals surface area contributed by atoms with Gasteiger partial charge in [0.2, 0.25) is 0 Å². The quantitative estimate of drug-likeness (QED) is 0.726. The van der Waals surface area contributed by atoms with Gasteiger partial charge in [-0.1, -0.05) is 12.1 Å². The van der Waals surface area contributed by atoms with E-state index in [2.05, 4.69) is 4.74 Å². The SMILES string of the molecule is O=C1Cc2cccc(OC(F)F)c2C1. The van der Waals surface area contributed by atoms with Crippen molar-refractivity contribution in [2.75, 3.05) is 0 Å². The number of carbonyl (C=O) groups is 1. The van der Waals surface area contributed by atoms with Crippen LogP contribution >= 0.6 is 0 Å². The number of rotatable bonds is 2. The minimum absolute atomic E-state index is 0.0466. The van der Waals surface area contributed by atoms with Crippen LogP contribution in [0.4, 0.5) is 8.78 Å². The zero-order chi connectivity index (χ0) is 10.1. The van der Waals surface area contributed by atoms with E-state index < -0.39 is 6.61 Å². The first-order valence-corrected chi connectivity index (χ1v) is 4.24. The van der Waals surface area contributed by atoms with E-state index in [0.717, 1.165) is 5.56 Å². The first-order valence-electron chi connectivity index (χ1n) is 4.24. The van der Waals surface area contributed by atoms with E-state index in [0.29, 0.717) is 12.0 Å². The van der Waals surface area contributed by atoms with Crippen molar-refractivity contribution in [3.63, 3.8) is 0 Å². The zero-order valence-electron chi connectivity index (χ0n) is 7.30. The molecule has 4 heteroatoms. The summed E-state index contributed by atoms with van der Waals surface area (Å²) < 4.78 is 28.3. The van der Waals surface area contributed by atoms with E-state index in [1.165, 1.54) is 6.07 Å². The number of alkyl halides is 2. The number of carbonyl (C=O) groups excluding carboxylic acids is 1. The lowest BCUT2D eigenvalue weighted by molar-refractivity contribution is -0.117. The van der Waals surface area contributed by atoms with Crippen LogP contribution in [0.2, 0.25) is 0 Å². The van der Waals surface area contributed by atoms with Crippen molar-refractivity contribution < 1.29 is 18.3 Å². The zero-order valence-corrected chi connectivity index (χ0v) is 7.30. The molecule has 0 radical (unpaired) electrons. The Labute approximate surface area is 79.5 Å². The van der Waals surface area contributed by atoms with Crippen LogP contribution in [0.3, 0.4) is 0 Å². The van der Waals surface area contributed by atoms with E-state index in [1.807, 2.05) is 0 Å². The molecule has 0 saturated carbocycles. The van der Waals surface area contributed by atoms with Gasteiger partial charge in [0.05, 0.1) is 0 Å². The molecular weight excluding hydrogens is 190 g/mol. The average molecular weight is 198 g/mol. The Morgan fingerprint density at radius 1 is 1.29 bits per heavy atom. The molecular formula is C10H8F2O2. The molecule has 0 aromatic heterocycles. The Kier molecular flexibility index (Phi) is 2.19. The predicted molar refractivity (Wildman–Crippen MR) is 45.5 cm³/mol. The van der Waals surface area contributed by atoms with Crippen molar-refractivity contribution in [1.82, 2.24) is 0 Å². The van der Waals surface area contributed by atoms with E-state index in [-0.39, 0.29) is 18.0 Å². The van der Waals surface area contributed by atoms with Crippen LogP contribution < -0.4 is 4.74 Å². The molecule has 1 aliphatic rings. The maximum Gasteiger partial charge on any atom is 0.387 e. The number of fused-ring (bicyclic) bond motifs is 1. The van der Waals surface area contributed by atoms with Gasteiger partial charge < -0.3 is 4.74 Å². The Balaban J connectivity index is 2.34. The Bertz CT molecular complexity index is 374. The summed E-state index contributed by atoms with van der Waals surface area (Å²) in [5.41, 5.74) is 1.41. The average Bonchev–Trinajstić information content (AvgIpc) is 2.45. The number of benzene rings is 1. The second-order valence-electron chi connectivity index (χ2n) is 3.16. The lowest BCUT2D eigenvalue weighted by Crippen LogP contribution is -2.04. The van der Waals surface area contributed by atoms with Crippen LogP contribution in [0, 0.1) is 0 Å². The topological polar surface area (TPSA) is 26.3 Å². The Morgan fingerprint density at radius 3 is 2.79 bits per heavy atom. The van der Waals surface area contributed by atoms with Crippen molar-refractivity contribution in [3.8, 4) is 5.75 Å². The number of halogens is 2. The van der Waals surface area contributed by atoms with E-state index in [1.54, 1.807) is 12.1 Å². The summed E-state index contributed by atoms with van der Waals surface area (Å²) in [5, 5.41) is 0. The van der Waals surface area contributed by atoms with Crippen LogP contribution in [-0.2, 0) is 17.6 Å². The van der Waals surface area contributed by atoms with E-state index in [4.69, 9.17) is 0 Å². The van der Waals surface area contributed by atoms with Crippen LogP contribution in [-0.4, -0.2) is 12.4 Å². The van der Waals surface area contributed by atoms with Crippen molar-refractivity contribution in [3.05, 3.63) is 29.3 Å². The summed E-state index contributed by atoms with van der Waals surface area (Å²) in [7, 11) is 0. The molecule has 0 spiro atoms. The van der Waals surface area contributed by atoms with Crippen LogP contribution in [0.5, 0.6) is 5.75 Å². The summed E-state index contributed by atoms with van der Waals surface area (Å²) in [6.07, 6.45) is 0.536. The van der Waals surface area contributed by atoms with Gasteiger partial charge in [-0.25, -0.2) is 0 Å². The van der Waals surface area contributed by atoms with Gasteiger partial charge in [-0.3, -0.25) is 4.79 Å². The highest BCUT2D eigenvalue weighted by Gasteiger charge is 2.22. The minimum atomic E-state index is -2.84. The van der Waals surface area contributed by atoms with Gasteiger partial charge in [-0.2, -0.15) is 8.78 Å². The minimum Gasteiger partial charge on any atom is -0.435 e. The molecule has 1 aromatic carbocycles. The summed E-state index contributed by atoms with van der Waals surface area (Å²) in [5.74, 6) is 0.175. The van der Waals surface area contributed by atoms with Crippen LogP contribution in [0.15, 0.2) is 18.2 Å². The summed E-state index contributed by atoms with van der Waals surface area (Å²) in [6, 6.07) is 4.84. The molecule has 0 bridgehead atoms. The monoisotopic (exact) mass is 198 g/mol. The van der Waals surface area contributed by atoms with Gasteiger partial charge in [-0.05, 0) is 11.6 Å². The molecule has 0 N–H and O–H groups in total. The fraction of sp³-hybridized carbons (Fsp3) is 0.300. The number of hydrogen-bond donors (Lipinski definition) is 0. The normalized spacial score (nSPS) is 14.6. The fourth-order valence-electron chi connectivity index (χ4n) is 1.66. The molecule has 1 aromatic rings. The summed E-state index contributed by atoms with van der Waals surface area (Å²) in [4.78, 5) is 11.1. The van der Waals surface area contributed by atoms with Crippen LogP contribution in [0.1, 0.15) is 11.1 Å². The summed E-state index contributed by atoms with van der Waals surface area (Å²) in [6.45, 7) is -2.84. The number of Topliss-reactive ketones (excluding diaryl/α,β-unsaturated/α-hetero) is 1. The molecule has 0 atom stereocenters. The van der Waals surface area contributed by atoms with Crippen molar-refractivity contribution in [1.29, 1.82) is 0 Å². The third kappa shape index (κ3) is 1.60. The lowest BCUT2D eigenvalue weighted by atomic mass is 10.1. The molecule has 14 heavy (non-hydrogen) atoms. The Hall–Kier alpha value is -1.45. The van der Waals surface area contributed by atoms with E-state index in [9.17, 15) is 13.6 Å². The Morgan fingerprint density at radius 2 is 2.07 bits per heavy atom. The largest absolute Gasteiger partial charge is 0.435 e. The molecule has 0 fully saturated rings. The van der Waals surface area contributed by atoms with Gasteiger partial charge in [0.25, 0.3) is 0 Å². The maximum absolute atomic E-state index is 12.0. The third-order valence-electron chi connectivity index (χ3n) is 2.21. The fourth-order valence-corrected chi connectivity index (χ4v) is 1.66. The van der Waals surface area contributed by atoms with Crippen molar-refractivity contribution >= 4 is 5.78 Å². The number of ketones is 1. The summed E-state index contributed by atoms with van der Waals surface area (Å²) >= 11 is 0. The van der Waals surface area contributed by atoms with Gasteiger partial charge in [0.1, 0.15) is 11.5 Å². The van der Waals surface area contributed by atoms with Gasteiger partial charge >= 0.3 is 6.61 Å². The molecule has 0 amide bonds. The molecule has 2 rings (SSSR count). The molecule has 0 unspecified atom stereocenters. The molecule has 1 aliphatic carbocycles. The second kappa shape index (κ2) is 3.36. The van der Waals surface area contributed by atoms with E-state index >= 15 is 0 Å². The predicted octanol–water partition coefficient (Wildman–Crippen LogP) is 1.96. The molecule has 0 aliphatic heterocycles. The number of hydrogen-bond acceptors (Lipinski definition) is 2. The lowest BCUT2D eigenvalue weighted by Gasteiger charge is -2.08.